The van der Waals surface area contributed by atoms with Crippen molar-refractivity contribution in [3.05, 3.63) is 36.5 Å². The van der Waals surface area contributed by atoms with E-state index in [4.69, 9.17) is 9.47 Å². The minimum atomic E-state index is -0.981. The van der Waals surface area contributed by atoms with E-state index in [2.05, 4.69) is 26.0 Å². The molecule has 0 aliphatic heterocycles. The predicted molar refractivity (Wildman–Crippen MR) is 160 cm³/mol. The number of aliphatic hydroxyl groups excluding tert-OH is 2. The molecule has 0 aliphatic rings. The lowest BCUT2D eigenvalue weighted by molar-refractivity contribution is -0.152. The lowest BCUT2D eigenvalue weighted by atomic mass is 10.1. The number of rotatable bonds is 27. The number of esters is 2. The molecule has 0 bridgehead atoms. The third kappa shape index (κ3) is 28.9. The molecule has 39 heavy (non-hydrogen) atoms. The Morgan fingerprint density at radius 3 is 1.69 bits per heavy atom. The number of ether oxygens (including phenoxy) is 2. The molecular weight excluding hydrogens is 492 g/mol. The van der Waals surface area contributed by atoms with Gasteiger partial charge in [0.15, 0.2) is 0 Å². The summed E-state index contributed by atoms with van der Waals surface area (Å²) < 4.78 is 10.2. The van der Waals surface area contributed by atoms with Gasteiger partial charge in [-0.3, -0.25) is 9.59 Å². The van der Waals surface area contributed by atoms with E-state index in [1.165, 1.54) is 38.5 Å². The number of hydrogen-bond acceptors (Lipinski definition) is 6. The normalized spacial score (nSPS) is 13.4. The van der Waals surface area contributed by atoms with Gasteiger partial charge in [-0.2, -0.15) is 0 Å². The fourth-order valence-corrected chi connectivity index (χ4v) is 4.06. The molecule has 2 N–H and O–H groups in total. The third-order valence-electron chi connectivity index (χ3n) is 6.47. The van der Waals surface area contributed by atoms with Gasteiger partial charge in [0.25, 0.3) is 0 Å². The molecule has 0 fully saturated rings. The van der Waals surface area contributed by atoms with Crippen LogP contribution in [0.1, 0.15) is 136 Å². The molecule has 0 aromatic heterocycles. The van der Waals surface area contributed by atoms with Gasteiger partial charge in [-0.25, -0.2) is 0 Å². The standard InChI is InChI=1S/C33H58O6/c1-3-5-7-8-9-11-15-18-22-26-32(36)38-28-31(35)29-39-33(37)27-23-19-16-13-10-12-14-17-21-25-30(34)24-20-6-4-2/h6,14,17,20-21,25,30-31,34-35H,3-5,7-13,15-16,18-19,22-24,26-29H2,1-2H3/b17-14+,20-6+,25-21+/t30?,31-/m1/s1. The van der Waals surface area contributed by atoms with Crippen molar-refractivity contribution in [2.75, 3.05) is 13.2 Å². The molecule has 0 heterocycles. The zero-order valence-electron chi connectivity index (χ0n) is 25.0. The summed E-state index contributed by atoms with van der Waals surface area (Å²) in [7, 11) is 0. The van der Waals surface area contributed by atoms with Crippen LogP contribution in [0.15, 0.2) is 36.5 Å². The predicted octanol–water partition coefficient (Wildman–Crippen LogP) is 7.91. The summed E-state index contributed by atoms with van der Waals surface area (Å²) >= 11 is 0. The van der Waals surface area contributed by atoms with Gasteiger partial charge in [-0.05, 0) is 38.5 Å². The summed E-state index contributed by atoms with van der Waals surface area (Å²) in [6.45, 7) is 4.02. The minimum Gasteiger partial charge on any atom is -0.463 e. The Labute approximate surface area is 238 Å². The van der Waals surface area contributed by atoms with Crippen molar-refractivity contribution in [2.45, 2.75) is 148 Å². The zero-order valence-corrected chi connectivity index (χ0v) is 25.0. The second-order valence-corrected chi connectivity index (χ2v) is 10.4. The van der Waals surface area contributed by atoms with Crippen LogP contribution in [-0.2, 0) is 19.1 Å². The van der Waals surface area contributed by atoms with Gasteiger partial charge in [-0.1, -0.05) is 121 Å². The SMILES string of the molecule is CC/C=C/CC(O)/C=C/C=C/CCCCCCCC(=O)OC[C@H](O)COC(=O)CCCCCCCCCCC. The Balaban J connectivity index is 3.56. The van der Waals surface area contributed by atoms with E-state index in [0.717, 1.165) is 64.2 Å². The monoisotopic (exact) mass is 550 g/mol. The smallest absolute Gasteiger partial charge is 0.305 e. The summed E-state index contributed by atoms with van der Waals surface area (Å²) in [5.41, 5.74) is 0. The van der Waals surface area contributed by atoms with Gasteiger partial charge in [0.05, 0.1) is 6.10 Å². The number of unbranched alkanes of at least 4 members (excludes halogenated alkanes) is 13. The first kappa shape index (κ1) is 37.1. The van der Waals surface area contributed by atoms with E-state index in [-0.39, 0.29) is 25.2 Å². The molecule has 0 aromatic carbocycles. The number of hydrogen-bond donors (Lipinski definition) is 2. The second-order valence-electron chi connectivity index (χ2n) is 10.4. The van der Waals surface area contributed by atoms with E-state index >= 15 is 0 Å². The van der Waals surface area contributed by atoms with Crippen LogP contribution in [0.5, 0.6) is 0 Å². The Morgan fingerprint density at radius 1 is 0.641 bits per heavy atom. The topological polar surface area (TPSA) is 93.1 Å². The molecule has 2 atom stereocenters. The van der Waals surface area contributed by atoms with Gasteiger partial charge >= 0.3 is 11.9 Å². The first-order valence-corrected chi connectivity index (χ1v) is 15.6. The molecule has 0 spiro atoms. The van der Waals surface area contributed by atoms with E-state index in [9.17, 15) is 19.8 Å². The van der Waals surface area contributed by atoms with Crippen molar-refractivity contribution in [1.82, 2.24) is 0 Å². The van der Waals surface area contributed by atoms with Crippen LogP contribution in [0.2, 0.25) is 0 Å². The molecule has 6 nitrogen and oxygen atoms in total. The number of aliphatic hydroxyl groups is 2. The van der Waals surface area contributed by atoms with Crippen molar-refractivity contribution in [2.24, 2.45) is 0 Å². The van der Waals surface area contributed by atoms with Gasteiger partial charge < -0.3 is 19.7 Å². The lowest BCUT2D eigenvalue weighted by Gasteiger charge is -2.12. The maximum atomic E-state index is 11.9. The largest absolute Gasteiger partial charge is 0.463 e. The maximum Gasteiger partial charge on any atom is 0.305 e. The highest BCUT2D eigenvalue weighted by Crippen LogP contribution is 2.11. The Morgan fingerprint density at radius 2 is 1.15 bits per heavy atom. The molecular formula is C33H58O6. The third-order valence-corrected chi connectivity index (χ3v) is 6.47. The van der Waals surface area contributed by atoms with Crippen LogP contribution < -0.4 is 0 Å². The Hall–Kier alpha value is -1.92. The Kier molecular flexibility index (Phi) is 27.6. The van der Waals surface area contributed by atoms with Crippen LogP contribution in [0.25, 0.3) is 0 Å². The molecule has 0 saturated carbocycles. The zero-order chi connectivity index (χ0) is 28.8. The van der Waals surface area contributed by atoms with Crippen molar-refractivity contribution < 1.29 is 29.3 Å². The first-order valence-electron chi connectivity index (χ1n) is 15.6. The van der Waals surface area contributed by atoms with Crippen LogP contribution in [0, 0.1) is 0 Å². The van der Waals surface area contributed by atoms with Gasteiger partial charge in [-0.15, -0.1) is 0 Å². The van der Waals surface area contributed by atoms with Gasteiger partial charge in [0.1, 0.15) is 19.3 Å². The molecule has 6 heteroatoms. The molecule has 0 rings (SSSR count). The first-order chi connectivity index (χ1) is 19.0. The number of carbonyl (C=O) groups is 2. The van der Waals surface area contributed by atoms with E-state index in [1.54, 1.807) is 6.08 Å². The number of carbonyl (C=O) groups excluding carboxylic acids is 2. The van der Waals surface area contributed by atoms with E-state index in [0.29, 0.717) is 19.3 Å². The molecule has 0 aromatic rings. The van der Waals surface area contributed by atoms with Crippen LogP contribution in [0.4, 0.5) is 0 Å². The highest BCUT2D eigenvalue weighted by atomic mass is 16.6. The maximum absolute atomic E-state index is 11.9. The molecule has 226 valence electrons. The van der Waals surface area contributed by atoms with E-state index in [1.807, 2.05) is 18.2 Å². The average Bonchev–Trinajstić information content (AvgIpc) is 2.92. The van der Waals surface area contributed by atoms with E-state index < -0.39 is 12.2 Å². The number of allylic oxidation sites excluding steroid dienone is 4. The van der Waals surface area contributed by atoms with Crippen molar-refractivity contribution in [1.29, 1.82) is 0 Å². The van der Waals surface area contributed by atoms with Crippen molar-refractivity contribution >= 4 is 11.9 Å². The highest BCUT2D eigenvalue weighted by Gasteiger charge is 2.12. The molecule has 0 radical (unpaired) electrons. The molecule has 0 aliphatic carbocycles. The second kappa shape index (κ2) is 29.1. The van der Waals surface area contributed by atoms with Crippen LogP contribution in [-0.4, -0.2) is 47.6 Å². The molecule has 0 saturated heterocycles. The summed E-state index contributed by atoms with van der Waals surface area (Å²) in [4.78, 5) is 23.7. The van der Waals surface area contributed by atoms with Crippen LogP contribution >= 0.6 is 0 Å². The summed E-state index contributed by atoms with van der Waals surface area (Å²) in [5, 5.41) is 19.7. The fourth-order valence-electron chi connectivity index (χ4n) is 4.06. The van der Waals surface area contributed by atoms with Crippen LogP contribution in [0.3, 0.4) is 0 Å². The van der Waals surface area contributed by atoms with Crippen molar-refractivity contribution in [3.63, 3.8) is 0 Å². The molecule has 1 unspecified atom stereocenters. The summed E-state index contributed by atoms with van der Waals surface area (Å²) in [6, 6.07) is 0. The fraction of sp³-hybridized carbons (Fsp3) is 0.758. The van der Waals surface area contributed by atoms with Crippen molar-refractivity contribution in [3.8, 4) is 0 Å². The van der Waals surface area contributed by atoms with Gasteiger partial charge in [0.2, 0.25) is 0 Å². The van der Waals surface area contributed by atoms with Gasteiger partial charge in [0, 0.05) is 12.8 Å². The molecule has 0 amide bonds. The lowest BCUT2D eigenvalue weighted by Crippen LogP contribution is -2.25. The minimum absolute atomic E-state index is 0.134. The summed E-state index contributed by atoms with van der Waals surface area (Å²) in [5.74, 6) is -0.623. The summed E-state index contributed by atoms with van der Waals surface area (Å²) in [6.07, 6.45) is 29.5. The average molecular weight is 551 g/mol. The quantitative estimate of drug-likeness (QED) is 0.0467. The highest BCUT2D eigenvalue weighted by molar-refractivity contribution is 5.69. The Bertz CT molecular complexity index is 655.